The molecule has 0 bridgehead atoms. The molecule has 1 amide bonds. The van der Waals surface area contributed by atoms with Crippen LogP contribution in [0.2, 0.25) is 0 Å². The normalized spacial score (nSPS) is 15.8. The van der Waals surface area contributed by atoms with Crippen molar-refractivity contribution in [2.75, 3.05) is 43.4 Å². The highest BCUT2D eigenvalue weighted by molar-refractivity contribution is 6.03. The number of anilines is 2. The predicted octanol–water partition coefficient (Wildman–Crippen LogP) is 0.777. The Bertz CT molecular complexity index is 646. The van der Waals surface area contributed by atoms with E-state index in [0.717, 1.165) is 26.2 Å². The summed E-state index contributed by atoms with van der Waals surface area (Å²) in [7, 11) is 2.09. The largest absolute Gasteiger partial charge is 0.360 e. The zero-order valence-electron chi connectivity index (χ0n) is 12.6. The van der Waals surface area contributed by atoms with Crippen molar-refractivity contribution in [2.24, 2.45) is 0 Å². The van der Waals surface area contributed by atoms with E-state index in [0.29, 0.717) is 23.1 Å². The molecule has 116 valence electrons. The Morgan fingerprint density at radius 2 is 1.91 bits per heavy atom. The van der Waals surface area contributed by atoms with Crippen molar-refractivity contribution in [3.63, 3.8) is 0 Å². The molecule has 0 unspecified atom stereocenters. The zero-order chi connectivity index (χ0) is 15.5. The van der Waals surface area contributed by atoms with Gasteiger partial charge in [0.15, 0.2) is 5.82 Å². The van der Waals surface area contributed by atoms with Crippen LogP contribution in [0.1, 0.15) is 16.1 Å². The summed E-state index contributed by atoms with van der Waals surface area (Å²) in [5.74, 6) is 1.36. The Morgan fingerprint density at radius 3 is 2.50 bits per heavy atom. The molecular formula is C14H18N6O2. The number of carbonyl (C=O) groups excluding carboxylic acids is 1. The summed E-state index contributed by atoms with van der Waals surface area (Å²) in [5, 5.41) is 6.36. The van der Waals surface area contributed by atoms with E-state index in [-0.39, 0.29) is 5.91 Å². The molecule has 0 radical (unpaired) electrons. The van der Waals surface area contributed by atoms with Gasteiger partial charge in [0, 0.05) is 44.6 Å². The Balaban J connectivity index is 1.64. The molecule has 3 heterocycles. The van der Waals surface area contributed by atoms with Crippen LogP contribution in [0.3, 0.4) is 0 Å². The molecule has 22 heavy (non-hydrogen) atoms. The molecule has 0 atom stereocenters. The number of aromatic nitrogens is 3. The summed E-state index contributed by atoms with van der Waals surface area (Å²) in [6.07, 6.45) is 3.06. The lowest BCUT2D eigenvalue weighted by atomic mass is 10.3. The Morgan fingerprint density at radius 1 is 1.23 bits per heavy atom. The molecule has 1 fully saturated rings. The number of nitrogens with one attached hydrogen (secondary N) is 1. The van der Waals surface area contributed by atoms with Crippen molar-refractivity contribution in [1.29, 1.82) is 0 Å². The minimum Gasteiger partial charge on any atom is -0.360 e. The van der Waals surface area contributed by atoms with Gasteiger partial charge in [0.2, 0.25) is 5.95 Å². The second-order valence-electron chi connectivity index (χ2n) is 5.34. The minimum atomic E-state index is -0.307. The molecule has 1 aliphatic rings. The number of piperazine rings is 1. The van der Waals surface area contributed by atoms with Crippen LogP contribution >= 0.6 is 0 Å². The summed E-state index contributed by atoms with van der Waals surface area (Å²) in [4.78, 5) is 25.0. The molecule has 0 aromatic carbocycles. The van der Waals surface area contributed by atoms with Crippen LogP contribution in [0.15, 0.2) is 23.0 Å². The molecule has 1 saturated heterocycles. The fourth-order valence-electron chi connectivity index (χ4n) is 2.22. The lowest BCUT2D eigenvalue weighted by molar-refractivity contribution is 0.102. The molecule has 0 saturated carbocycles. The topological polar surface area (TPSA) is 87.4 Å². The van der Waals surface area contributed by atoms with Gasteiger partial charge in [-0.25, -0.2) is 9.97 Å². The van der Waals surface area contributed by atoms with Crippen LogP contribution in [0.25, 0.3) is 0 Å². The van der Waals surface area contributed by atoms with E-state index < -0.39 is 0 Å². The molecule has 8 heteroatoms. The highest BCUT2D eigenvalue weighted by Crippen LogP contribution is 2.12. The van der Waals surface area contributed by atoms with Gasteiger partial charge in [0.05, 0.1) is 5.56 Å². The van der Waals surface area contributed by atoms with E-state index in [1.165, 1.54) is 12.4 Å². The monoisotopic (exact) mass is 302 g/mol. The van der Waals surface area contributed by atoms with E-state index in [9.17, 15) is 4.79 Å². The van der Waals surface area contributed by atoms with Crippen molar-refractivity contribution in [1.82, 2.24) is 20.0 Å². The van der Waals surface area contributed by atoms with Gasteiger partial charge in [-0.15, -0.1) is 0 Å². The van der Waals surface area contributed by atoms with Crippen molar-refractivity contribution in [3.05, 3.63) is 29.8 Å². The number of nitrogens with zero attached hydrogens (tertiary/aromatic N) is 5. The Labute approximate surface area is 128 Å². The van der Waals surface area contributed by atoms with Gasteiger partial charge >= 0.3 is 0 Å². The van der Waals surface area contributed by atoms with Gasteiger partial charge < -0.3 is 19.6 Å². The molecular weight excluding hydrogens is 284 g/mol. The average Bonchev–Trinajstić information content (AvgIpc) is 2.93. The first-order valence-corrected chi connectivity index (χ1v) is 7.12. The summed E-state index contributed by atoms with van der Waals surface area (Å²) in [5.41, 5.74) is 0.388. The number of hydrogen-bond donors (Lipinski definition) is 1. The number of aryl methyl sites for hydroxylation is 1. The third-order valence-electron chi connectivity index (χ3n) is 3.56. The first-order valence-electron chi connectivity index (χ1n) is 7.12. The molecule has 0 aliphatic carbocycles. The fourth-order valence-corrected chi connectivity index (χ4v) is 2.22. The maximum atomic E-state index is 12.1. The standard InChI is InChI=1S/C14H18N6O2/c1-10-7-12(18-22-10)17-13(21)11-8-15-14(16-9-11)20-5-3-19(2)4-6-20/h7-9H,3-6H2,1-2H3,(H,17,18,21). The number of hydrogen-bond acceptors (Lipinski definition) is 7. The quantitative estimate of drug-likeness (QED) is 0.896. The molecule has 2 aromatic heterocycles. The smallest absolute Gasteiger partial charge is 0.260 e. The summed E-state index contributed by atoms with van der Waals surface area (Å²) in [6, 6.07) is 1.65. The summed E-state index contributed by atoms with van der Waals surface area (Å²) < 4.78 is 4.90. The Hall–Kier alpha value is -2.48. The molecule has 0 spiro atoms. The molecule has 1 aliphatic heterocycles. The second-order valence-corrected chi connectivity index (χ2v) is 5.34. The maximum Gasteiger partial charge on any atom is 0.260 e. The molecule has 8 nitrogen and oxygen atoms in total. The molecule has 2 aromatic rings. The third-order valence-corrected chi connectivity index (χ3v) is 3.56. The van der Waals surface area contributed by atoms with Gasteiger partial charge in [-0.2, -0.15) is 0 Å². The van der Waals surface area contributed by atoms with Crippen molar-refractivity contribution < 1.29 is 9.32 Å². The van der Waals surface area contributed by atoms with E-state index in [1.54, 1.807) is 13.0 Å². The van der Waals surface area contributed by atoms with Crippen molar-refractivity contribution in [3.8, 4) is 0 Å². The Kier molecular flexibility index (Phi) is 4.01. The maximum absolute atomic E-state index is 12.1. The van der Waals surface area contributed by atoms with Gasteiger partial charge in [-0.3, -0.25) is 4.79 Å². The van der Waals surface area contributed by atoms with Crippen LogP contribution in [0.5, 0.6) is 0 Å². The van der Waals surface area contributed by atoms with Crippen LogP contribution < -0.4 is 10.2 Å². The predicted molar refractivity (Wildman–Crippen MR) is 80.9 cm³/mol. The van der Waals surface area contributed by atoms with Gasteiger partial charge in [-0.1, -0.05) is 5.16 Å². The van der Waals surface area contributed by atoms with Crippen LogP contribution in [-0.4, -0.2) is 59.2 Å². The first kappa shape index (κ1) is 14.5. The third kappa shape index (κ3) is 3.22. The van der Waals surface area contributed by atoms with Crippen LogP contribution in [-0.2, 0) is 0 Å². The fraction of sp³-hybridized carbons (Fsp3) is 0.429. The van der Waals surface area contributed by atoms with E-state index in [1.807, 2.05) is 0 Å². The summed E-state index contributed by atoms with van der Waals surface area (Å²) >= 11 is 0. The van der Waals surface area contributed by atoms with E-state index in [4.69, 9.17) is 4.52 Å². The van der Waals surface area contributed by atoms with Gasteiger partial charge in [0.1, 0.15) is 5.76 Å². The number of rotatable bonds is 3. The van der Waals surface area contributed by atoms with Gasteiger partial charge in [0.25, 0.3) is 5.91 Å². The number of likely N-dealkylation sites (N-methyl/N-ethyl adjacent to an activating group) is 1. The van der Waals surface area contributed by atoms with E-state index >= 15 is 0 Å². The summed E-state index contributed by atoms with van der Waals surface area (Å²) in [6.45, 7) is 5.51. The minimum absolute atomic E-state index is 0.307. The molecule has 1 N–H and O–H groups in total. The highest BCUT2D eigenvalue weighted by Gasteiger charge is 2.17. The average molecular weight is 302 g/mol. The van der Waals surface area contributed by atoms with Crippen molar-refractivity contribution in [2.45, 2.75) is 6.92 Å². The lowest BCUT2D eigenvalue weighted by Gasteiger charge is -2.32. The first-order chi connectivity index (χ1) is 10.6. The van der Waals surface area contributed by atoms with Crippen LogP contribution in [0.4, 0.5) is 11.8 Å². The zero-order valence-corrected chi connectivity index (χ0v) is 12.6. The van der Waals surface area contributed by atoms with Crippen molar-refractivity contribution >= 4 is 17.7 Å². The highest BCUT2D eigenvalue weighted by atomic mass is 16.5. The number of carbonyl (C=O) groups is 1. The SMILES string of the molecule is Cc1cc(NC(=O)c2cnc(N3CCN(C)CC3)nc2)no1. The van der Waals surface area contributed by atoms with E-state index in [2.05, 4.69) is 37.3 Å². The van der Waals surface area contributed by atoms with Crippen LogP contribution in [0, 0.1) is 6.92 Å². The second kappa shape index (κ2) is 6.10. The number of amides is 1. The van der Waals surface area contributed by atoms with Gasteiger partial charge in [-0.05, 0) is 14.0 Å². The lowest BCUT2D eigenvalue weighted by Crippen LogP contribution is -2.45. The molecule has 3 rings (SSSR count).